The van der Waals surface area contributed by atoms with Gasteiger partial charge in [-0.05, 0) is 119 Å². The predicted octanol–water partition coefficient (Wildman–Crippen LogP) is 14.3. The number of rotatable bonds is 10. The molecule has 6 aromatic rings. The Morgan fingerprint density at radius 2 is 0.671 bits per heavy atom. The van der Waals surface area contributed by atoms with E-state index in [1.54, 1.807) is 24.3 Å². The predicted molar refractivity (Wildman–Crippen MR) is 292 cm³/mol. The number of carbonyl (C=O) groups is 2. The molecule has 0 fully saturated rings. The van der Waals surface area contributed by atoms with Crippen LogP contribution in [0.2, 0.25) is 0 Å². The van der Waals surface area contributed by atoms with Gasteiger partial charge in [0.15, 0.2) is 0 Å². The van der Waals surface area contributed by atoms with Crippen molar-refractivity contribution in [3.8, 4) is 0 Å². The third-order valence-corrected chi connectivity index (χ3v) is 11.9. The van der Waals surface area contributed by atoms with E-state index in [0.717, 1.165) is 78.7 Å². The Morgan fingerprint density at radius 1 is 0.384 bits per heavy atom. The van der Waals surface area contributed by atoms with E-state index in [1.807, 2.05) is 194 Å². The van der Waals surface area contributed by atoms with Crippen LogP contribution in [0.15, 0.2) is 288 Å². The summed E-state index contributed by atoms with van der Waals surface area (Å²) in [4.78, 5) is 33.3. The number of carbonyl (C=O) groups excluding carboxylic acids is 2. The van der Waals surface area contributed by atoms with E-state index in [4.69, 9.17) is 20.9 Å². The second-order valence-corrected chi connectivity index (χ2v) is 17.1. The van der Waals surface area contributed by atoms with Gasteiger partial charge in [0.05, 0.1) is 11.4 Å². The molecule has 0 aromatic heterocycles. The summed E-state index contributed by atoms with van der Waals surface area (Å²) >= 11 is 0. The Bertz CT molecular complexity index is 3050. The van der Waals surface area contributed by atoms with Crippen molar-refractivity contribution in [3.05, 3.63) is 322 Å². The zero-order valence-electron chi connectivity index (χ0n) is 39.6. The Labute approximate surface area is 437 Å². The number of hydrogen-bond acceptors (Lipinski definition) is 4. The van der Waals surface area contributed by atoms with Crippen molar-refractivity contribution in [1.82, 2.24) is 0 Å². The number of nitrogens with zero attached hydrogens (tertiary/aromatic N) is 2. The summed E-state index contributed by atoms with van der Waals surface area (Å²) in [7, 11) is 0. The molecule has 0 saturated carbocycles. The van der Waals surface area contributed by atoms with Gasteiger partial charge in [0.25, 0.3) is 0 Å². The fourth-order valence-electron chi connectivity index (χ4n) is 8.06. The van der Waals surface area contributed by atoms with Crippen LogP contribution in [0.4, 0.5) is 0 Å². The minimum absolute atomic E-state index is 0. The SMILES string of the molecule is [Cu+2].[NH-]C(Cc1ccccc1)C(=O)N=C1C=CC(=C2C=C(c3ccccc3)C=C(c3ccccc3)O2)C=C1.[NH-]C(Cc1ccccc1)C(=O)N=C1C=CC(=C2C=C(c3ccccc3)C=C(c3ccccc3)O2)C=C1. The molecule has 361 valence electrons. The molecule has 73 heavy (non-hydrogen) atoms. The van der Waals surface area contributed by atoms with E-state index < -0.39 is 23.9 Å². The third kappa shape index (κ3) is 13.9. The summed E-state index contributed by atoms with van der Waals surface area (Å²) in [6, 6.07) is 57.7. The maximum Gasteiger partial charge on any atom is 2.00 e. The van der Waals surface area contributed by atoms with Gasteiger partial charge in [-0.3, -0.25) is 9.59 Å². The van der Waals surface area contributed by atoms with Crippen molar-refractivity contribution < 1.29 is 36.1 Å². The summed E-state index contributed by atoms with van der Waals surface area (Å²) in [5.74, 6) is 2.08. The Morgan fingerprint density at radius 3 is 0.986 bits per heavy atom. The van der Waals surface area contributed by atoms with Gasteiger partial charge in [-0.25, -0.2) is 9.98 Å². The van der Waals surface area contributed by atoms with E-state index in [9.17, 15) is 9.59 Å². The number of amides is 2. The molecule has 2 N–H and O–H groups in total. The number of benzene rings is 6. The number of nitrogens with one attached hydrogen (secondary N) is 2. The minimum Gasteiger partial charge on any atom is -0.666 e. The second kappa shape index (κ2) is 25.0. The number of ether oxygens (including phenoxy) is 2. The van der Waals surface area contributed by atoms with Gasteiger partial charge in [-0.1, -0.05) is 194 Å². The number of hydrogen-bond donors (Lipinski definition) is 0. The Hall–Kier alpha value is -8.56. The zero-order valence-corrected chi connectivity index (χ0v) is 40.6. The van der Waals surface area contributed by atoms with Crippen molar-refractivity contribution in [3.63, 3.8) is 0 Å². The van der Waals surface area contributed by atoms with Crippen LogP contribution in [0, 0.1) is 0 Å². The molecule has 9 heteroatoms. The van der Waals surface area contributed by atoms with Crippen molar-refractivity contribution in [2.45, 2.75) is 24.9 Å². The number of aliphatic imine (C=N–C) groups is 2. The summed E-state index contributed by atoms with van der Waals surface area (Å²) in [6.07, 6.45) is 23.6. The van der Waals surface area contributed by atoms with Gasteiger partial charge in [0.2, 0.25) is 11.8 Å². The molecule has 8 nitrogen and oxygen atoms in total. The third-order valence-electron chi connectivity index (χ3n) is 11.9. The molecule has 2 heterocycles. The van der Waals surface area contributed by atoms with Crippen LogP contribution in [0.3, 0.4) is 0 Å². The summed E-state index contributed by atoms with van der Waals surface area (Å²) in [6.45, 7) is 0. The van der Waals surface area contributed by atoms with Gasteiger partial charge in [-0.2, -0.15) is 0 Å². The second-order valence-electron chi connectivity index (χ2n) is 17.1. The summed E-state index contributed by atoms with van der Waals surface area (Å²) in [5.41, 5.74) is 27.4. The van der Waals surface area contributed by atoms with Gasteiger partial charge in [-0.15, -0.1) is 0 Å². The number of allylic oxidation sites excluding steroid dienone is 16. The molecule has 0 spiro atoms. The zero-order chi connectivity index (χ0) is 49.5. The first-order valence-electron chi connectivity index (χ1n) is 23.7. The summed E-state index contributed by atoms with van der Waals surface area (Å²) in [5, 5.41) is 0. The van der Waals surface area contributed by atoms with Gasteiger partial charge in [0.1, 0.15) is 23.0 Å². The summed E-state index contributed by atoms with van der Waals surface area (Å²) < 4.78 is 12.6. The van der Waals surface area contributed by atoms with Crippen LogP contribution in [0.25, 0.3) is 34.1 Å². The fraction of sp³-hybridized carbons (Fsp3) is 0.0625. The quantitative estimate of drug-likeness (QED) is 0.127. The maximum atomic E-state index is 12.5. The molecule has 2 aliphatic heterocycles. The molecule has 2 amide bonds. The van der Waals surface area contributed by atoms with Crippen molar-refractivity contribution in [1.29, 1.82) is 0 Å². The van der Waals surface area contributed by atoms with Crippen LogP contribution in [-0.4, -0.2) is 35.3 Å². The molecule has 6 aromatic carbocycles. The molecule has 1 radical (unpaired) electrons. The Balaban J connectivity index is 0.000000192. The maximum absolute atomic E-state index is 12.5. The Kier molecular flexibility index (Phi) is 17.4. The van der Waals surface area contributed by atoms with Crippen molar-refractivity contribution in [2.75, 3.05) is 0 Å². The first-order valence-corrected chi connectivity index (χ1v) is 23.7. The van der Waals surface area contributed by atoms with E-state index in [1.165, 1.54) is 0 Å². The average molecular weight is 1000 g/mol. The van der Waals surface area contributed by atoms with E-state index in [2.05, 4.69) is 46.4 Å². The average Bonchev–Trinajstić information content (AvgIpc) is 3.45. The first-order chi connectivity index (χ1) is 35.3. The first kappa shape index (κ1) is 50.8. The van der Waals surface area contributed by atoms with Gasteiger partial charge >= 0.3 is 17.1 Å². The largest absolute Gasteiger partial charge is 2.00 e. The molecular weight excluding hydrogens is 952 g/mol. The van der Waals surface area contributed by atoms with Crippen LogP contribution in [0.1, 0.15) is 33.4 Å². The monoisotopic (exact) mass is 1000 g/mol. The fourth-order valence-corrected chi connectivity index (χ4v) is 8.06. The molecule has 2 aliphatic carbocycles. The minimum atomic E-state index is -0.932. The van der Waals surface area contributed by atoms with Crippen LogP contribution in [0.5, 0.6) is 0 Å². The van der Waals surface area contributed by atoms with Crippen molar-refractivity contribution in [2.24, 2.45) is 9.98 Å². The molecule has 0 bridgehead atoms. The molecule has 0 saturated heterocycles. The topological polar surface area (TPSA) is 125 Å². The standard InChI is InChI=1S/2C32H25N2O2.Cu/c2*33-29(20-23-10-4-1-5-11-23)32(35)34-28-18-16-26(17-19-28)31-22-27(24-12-6-2-7-13-24)21-30(36-31)25-14-8-3-9-15-25;/h2*1-19,21-22,29,33H,20H2;/q2*-1;+2. The normalized spacial score (nSPS) is 15.4. The molecule has 2 unspecified atom stereocenters. The van der Waals surface area contributed by atoms with E-state index in [0.29, 0.717) is 24.3 Å². The van der Waals surface area contributed by atoms with E-state index >= 15 is 0 Å². The molecule has 4 aliphatic rings. The van der Waals surface area contributed by atoms with E-state index in [-0.39, 0.29) is 17.1 Å². The van der Waals surface area contributed by atoms with Crippen LogP contribution in [-0.2, 0) is 49.0 Å². The molecular formula is C64H50CuN4O4. The van der Waals surface area contributed by atoms with Gasteiger partial charge < -0.3 is 20.9 Å². The molecule has 10 rings (SSSR count). The van der Waals surface area contributed by atoms with Crippen LogP contribution >= 0.6 is 0 Å². The smallest absolute Gasteiger partial charge is 0.666 e. The van der Waals surface area contributed by atoms with Crippen LogP contribution < -0.4 is 0 Å². The van der Waals surface area contributed by atoms with Gasteiger partial charge in [0, 0.05) is 22.3 Å². The van der Waals surface area contributed by atoms with Crippen molar-refractivity contribution >= 4 is 45.9 Å². The molecule has 2 atom stereocenters.